The fraction of sp³-hybridized carbons (Fsp3) is 0.200. The average Bonchev–Trinajstić information content (AvgIpc) is 2.30. The zero-order chi connectivity index (χ0) is 11.4. The van der Waals surface area contributed by atoms with Crippen molar-refractivity contribution in [3.05, 3.63) is 41.3 Å². The molecule has 0 atom stereocenters. The van der Waals surface area contributed by atoms with E-state index in [1.54, 1.807) is 12.4 Å². The first kappa shape index (κ1) is 10.8. The molecule has 0 bridgehead atoms. The molecule has 2 rings (SSSR count). The van der Waals surface area contributed by atoms with Crippen LogP contribution < -0.4 is 5.32 Å². The van der Waals surface area contributed by atoms with Gasteiger partial charge in [0, 0.05) is 6.20 Å². The topological polar surface area (TPSA) is 63.6 Å². The Morgan fingerprint density at radius 3 is 2.75 bits per heavy atom. The van der Waals surface area contributed by atoms with Crippen molar-refractivity contribution in [1.82, 2.24) is 19.9 Å². The van der Waals surface area contributed by atoms with E-state index in [0.717, 1.165) is 11.4 Å². The molecule has 0 aromatic carbocycles. The summed E-state index contributed by atoms with van der Waals surface area (Å²) in [5.41, 5.74) is 1.73. The number of halogens is 1. The predicted octanol–water partition coefficient (Wildman–Crippen LogP) is 1.84. The highest BCUT2D eigenvalue weighted by molar-refractivity contribution is 6.32. The van der Waals surface area contributed by atoms with Gasteiger partial charge in [0.1, 0.15) is 17.2 Å². The van der Waals surface area contributed by atoms with Crippen LogP contribution in [0.25, 0.3) is 0 Å². The van der Waals surface area contributed by atoms with E-state index in [0.29, 0.717) is 17.4 Å². The summed E-state index contributed by atoms with van der Waals surface area (Å²) in [6.45, 7) is 2.43. The van der Waals surface area contributed by atoms with Crippen LogP contribution in [-0.4, -0.2) is 19.9 Å². The Bertz CT molecular complexity index is 471. The lowest BCUT2D eigenvalue weighted by Gasteiger charge is -2.05. The fourth-order valence-electron chi connectivity index (χ4n) is 1.13. The smallest absolute Gasteiger partial charge is 0.148 e. The van der Waals surface area contributed by atoms with Crippen molar-refractivity contribution in [3.63, 3.8) is 0 Å². The third-order valence-electron chi connectivity index (χ3n) is 1.94. The van der Waals surface area contributed by atoms with Crippen LogP contribution >= 0.6 is 11.6 Å². The number of aryl methyl sites for hydroxylation is 1. The monoisotopic (exact) mass is 235 g/mol. The molecule has 16 heavy (non-hydrogen) atoms. The van der Waals surface area contributed by atoms with Crippen LogP contribution in [0, 0.1) is 6.92 Å². The van der Waals surface area contributed by atoms with Gasteiger partial charge in [-0.05, 0) is 6.92 Å². The van der Waals surface area contributed by atoms with E-state index in [1.807, 2.05) is 6.92 Å². The molecular weight excluding hydrogens is 226 g/mol. The van der Waals surface area contributed by atoms with Crippen LogP contribution in [-0.2, 0) is 6.54 Å². The van der Waals surface area contributed by atoms with Crippen LogP contribution in [0.5, 0.6) is 0 Å². The predicted molar refractivity (Wildman–Crippen MR) is 61.1 cm³/mol. The molecule has 6 heteroatoms. The normalized spacial score (nSPS) is 10.1. The third kappa shape index (κ3) is 2.64. The fourth-order valence-corrected chi connectivity index (χ4v) is 1.30. The highest BCUT2D eigenvalue weighted by Crippen LogP contribution is 2.16. The Hall–Kier alpha value is -1.75. The van der Waals surface area contributed by atoms with Gasteiger partial charge in [-0.3, -0.25) is 9.97 Å². The summed E-state index contributed by atoms with van der Waals surface area (Å²) in [7, 11) is 0. The van der Waals surface area contributed by atoms with Gasteiger partial charge in [-0.25, -0.2) is 9.97 Å². The summed E-state index contributed by atoms with van der Waals surface area (Å²) in [5.74, 6) is 0.596. The summed E-state index contributed by atoms with van der Waals surface area (Å²) in [4.78, 5) is 16.2. The molecule has 1 N–H and O–H groups in total. The molecule has 0 amide bonds. The second-order valence-corrected chi connectivity index (χ2v) is 3.63. The quantitative estimate of drug-likeness (QED) is 0.880. The second-order valence-electron chi connectivity index (χ2n) is 3.22. The van der Waals surface area contributed by atoms with E-state index in [4.69, 9.17) is 11.6 Å². The minimum Gasteiger partial charge on any atom is -0.363 e. The number of aromatic nitrogens is 4. The van der Waals surface area contributed by atoms with Crippen LogP contribution in [0.1, 0.15) is 11.4 Å². The summed E-state index contributed by atoms with van der Waals surface area (Å²) >= 11 is 5.89. The van der Waals surface area contributed by atoms with Gasteiger partial charge in [-0.1, -0.05) is 11.6 Å². The number of nitrogens with zero attached hydrogens (tertiary/aromatic N) is 4. The van der Waals surface area contributed by atoms with E-state index >= 15 is 0 Å². The molecule has 0 saturated heterocycles. The summed E-state index contributed by atoms with van der Waals surface area (Å²) in [6, 6.07) is 0. The summed E-state index contributed by atoms with van der Waals surface area (Å²) in [5, 5.41) is 3.55. The van der Waals surface area contributed by atoms with Gasteiger partial charge >= 0.3 is 0 Å². The highest BCUT2D eigenvalue weighted by atomic mass is 35.5. The Morgan fingerprint density at radius 1 is 1.19 bits per heavy atom. The van der Waals surface area contributed by atoms with Gasteiger partial charge in [0.15, 0.2) is 0 Å². The molecule has 0 unspecified atom stereocenters. The average molecular weight is 236 g/mol. The maximum Gasteiger partial charge on any atom is 0.148 e. The van der Waals surface area contributed by atoms with E-state index in [2.05, 4.69) is 25.3 Å². The first-order valence-electron chi connectivity index (χ1n) is 4.72. The zero-order valence-corrected chi connectivity index (χ0v) is 9.44. The number of hydrogen-bond donors (Lipinski definition) is 1. The first-order chi connectivity index (χ1) is 7.75. The standard InChI is InChI=1S/C10H10ClN5/c1-7-2-14-8(3-13-7)4-15-10-9(11)5-12-6-16-10/h2-3,5-6H,4H2,1H3,(H,12,15,16). The lowest BCUT2D eigenvalue weighted by molar-refractivity contribution is 0.973. The first-order valence-corrected chi connectivity index (χ1v) is 5.10. The minimum atomic E-state index is 0.488. The van der Waals surface area contributed by atoms with Crippen molar-refractivity contribution < 1.29 is 0 Å². The van der Waals surface area contributed by atoms with Crippen LogP contribution in [0.3, 0.4) is 0 Å². The number of anilines is 1. The Morgan fingerprint density at radius 2 is 2.06 bits per heavy atom. The Balaban J connectivity index is 2.02. The molecular formula is C10H10ClN5. The van der Waals surface area contributed by atoms with Crippen LogP contribution in [0.15, 0.2) is 24.9 Å². The minimum absolute atomic E-state index is 0.488. The van der Waals surface area contributed by atoms with Gasteiger partial charge in [-0.2, -0.15) is 0 Å². The van der Waals surface area contributed by atoms with Crippen LogP contribution in [0.4, 0.5) is 5.82 Å². The maximum atomic E-state index is 5.89. The number of nitrogens with one attached hydrogen (secondary N) is 1. The molecule has 0 spiro atoms. The summed E-state index contributed by atoms with van der Waals surface area (Å²) in [6.07, 6.45) is 6.42. The molecule has 0 aliphatic carbocycles. The van der Waals surface area contributed by atoms with Crippen molar-refractivity contribution in [2.75, 3.05) is 5.32 Å². The molecule has 0 aliphatic heterocycles. The van der Waals surface area contributed by atoms with E-state index in [-0.39, 0.29) is 0 Å². The number of rotatable bonds is 3. The van der Waals surface area contributed by atoms with E-state index in [1.165, 1.54) is 12.5 Å². The van der Waals surface area contributed by atoms with Crippen molar-refractivity contribution in [1.29, 1.82) is 0 Å². The lowest BCUT2D eigenvalue weighted by atomic mass is 10.4. The molecule has 2 aromatic rings. The molecule has 0 saturated carbocycles. The van der Waals surface area contributed by atoms with Gasteiger partial charge in [-0.15, -0.1) is 0 Å². The molecule has 0 aliphatic rings. The van der Waals surface area contributed by atoms with Crippen molar-refractivity contribution in [3.8, 4) is 0 Å². The SMILES string of the molecule is Cc1cnc(CNc2ncncc2Cl)cn1. The van der Waals surface area contributed by atoms with Crippen molar-refractivity contribution >= 4 is 17.4 Å². The van der Waals surface area contributed by atoms with Crippen LogP contribution in [0.2, 0.25) is 5.02 Å². The van der Waals surface area contributed by atoms with Crippen molar-refractivity contribution in [2.45, 2.75) is 13.5 Å². The largest absolute Gasteiger partial charge is 0.363 e. The molecule has 0 radical (unpaired) electrons. The molecule has 0 fully saturated rings. The van der Waals surface area contributed by atoms with E-state index in [9.17, 15) is 0 Å². The molecule has 82 valence electrons. The highest BCUT2D eigenvalue weighted by Gasteiger charge is 2.01. The second kappa shape index (κ2) is 4.85. The Labute approximate surface area is 98.0 Å². The van der Waals surface area contributed by atoms with Gasteiger partial charge in [0.25, 0.3) is 0 Å². The molecule has 2 aromatic heterocycles. The van der Waals surface area contributed by atoms with Crippen molar-refractivity contribution in [2.24, 2.45) is 0 Å². The maximum absolute atomic E-state index is 5.89. The lowest BCUT2D eigenvalue weighted by Crippen LogP contribution is -2.04. The third-order valence-corrected chi connectivity index (χ3v) is 2.22. The number of hydrogen-bond acceptors (Lipinski definition) is 5. The Kier molecular flexibility index (Phi) is 3.26. The molecule has 5 nitrogen and oxygen atoms in total. The van der Waals surface area contributed by atoms with Gasteiger partial charge in [0.05, 0.1) is 30.3 Å². The summed E-state index contributed by atoms with van der Waals surface area (Å²) < 4.78 is 0. The zero-order valence-electron chi connectivity index (χ0n) is 8.68. The molecule has 2 heterocycles. The van der Waals surface area contributed by atoms with Gasteiger partial charge < -0.3 is 5.32 Å². The van der Waals surface area contributed by atoms with Gasteiger partial charge in [0.2, 0.25) is 0 Å². The van der Waals surface area contributed by atoms with E-state index < -0.39 is 0 Å².